The number of hydrogen-bond acceptors (Lipinski definition) is 1. The summed E-state index contributed by atoms with van der Waals surface area (Å²) in [6, 6.07) is 17.3. The van der Waals surface area contributed by atoms with Gasteiger partial charge in [0.05, 0.1) is 6.10 Å². The van der Waals surface area contributed by atoms with Crippen LogP contribution in [0.1, 0.15) is 17.2 Å². The van der Waals surface area contributed by atoms with E-state index in [0.717, 1.165) is 12.0 Å². The van der Waals surface area contributed by atoms with E-state index < -0.39 is 0 Å². The van der Waals surface area contributed by atoms with Gasteiger partial charge >= 0.3 is 0 Å². The van der Waals surface area contributed by atoms with Gasteiger partial charge in [-0.15, -0.1) is 0 Å². The van der Waals surface area contributed by atoms with E-state index in [0.29, 0.717) is 0 Å². The van der Waals surface area contributed by atoms with Gasteiger partial charge in [-0.25, -0.2) is 0 Å². The van der Waals surface area contributed by atoms with Gasteiger partial charge < -0.3 is 5.11 Å². The number of benzene rings is 4. The third-order valence-electron chi connectivity index (χ3n) is 4.51. The lowest BCUT2D eigenvalue weighted by Crippen LogP contribution is -1.92. The van der Waals surface area contributed by atoms with E-state index in [4.69, 9.17) is 0 Å². The molecule has 0 saturated heterocycles. The van der Waals surface area contributed by atoms with Gasteiger partial charge in [0.2, 0.25) is 0 Å². The van der Waals surface area contributed by atoms with Gasteiger partial charge in [0, 0.05) is 6.42 Å². The molecule has 0 saturated carbocycles. The second kappa shape index (κ2) is 3.06. The molecule has 1 atom stereocenters. The molecule has 0 radical (unpaired) electrons. The van der Waals surface area contributed by atoms with Gasteiger partial charge in [-0.3, -0.25) is 0 Å². The summed E-state index contributed by atoms with van der Waals surface area (Å²) in [6.45, 7) is 0. The van der Waals surface area contributed by atoms with Gasteiger partial charge in [0.15, 0.2) is 0 Å². The fraction of sp³-hybridized carbons (Fsp3) is 0.111. The monoisotopic (exact) mass is 244 g/mol. The molecule has 19 heavy (non-hydrogen) atoms. The Balaban J connectivity index is 2.22. The average molecular weight is 244 g/mol. The molecule has 0 spiro atoms. The molecule has 90 valence electrons. The number of rotatable bonds is 0. The molecule has 0 amide bonds. The quantitative estimate of drug-likeness (QED) is 0.460. The lowest BCUT2D eigenvalue weighted by atomic mass is 9.91. The molecule has 1 aliphatic carbocycles. The van der Waals surface area contributed by atoms with Gasteiger partial charge in [-0.1, -0.05) is 48.5 Å². The van der Waals surface area contributed by atoms with Crippen molar-refractivity contribution < 1.29 is 5.11 Å². The SMILES string of the molecule is OC1Cc2cc3cccc4ccc5ccc1c2c5c43. The third-order valence-corrected chi connectivity index (χ3v) is 4.51. The highest BCUT2D eigenvalue weighted by molar-refractivity contribution is 6.24. The highest BCUT2D eigenvalue weighted by Crippen LogP contribution is 2.44. The summed E-state index contributed by atoms with van der Waals surface area (Å²) in [5.41, 5.74) is 2.39. The Labute approximate surface area is 110 Å². The molecule has 5 rings (SSSR count). The van der Waals surface area contributed by atoms with Crippen molar-refractivity contribution in [1.29, 1.82) is 0 Å². The normalized spacial score (nSPS) is 18.1. The second-order valence-corrected chi connectivity index (χ2v) is 5.53. The fourth-order valence-electron chi connectivity index (χ4n) is 3.72. The molecule has 1 N–H and O–H groups in total. The molecule has 1 aliphatic rings. The highest BCUT2D eigenvalue weighted by atomic mass is 16.3. The minimum absolute atomic E-state index is 0.338. The van der Waals surface area contributed by atoms with E-state index in [1.807, 2.05) is 0 Å². The van der Waals surface area contributed by atoms with E-state index in [1.54, 1.807) is 0 Å². The summed E-state index contributed by atoms with van der Waals surface area (Å²) in [5.74, 6) is 0. The van der Waals surface area contributed by atoms with Crippen LogP contribution in [0.15, 0.2) is 48.5 Å². The van der Waals surface area contributed by atoms with Crippen molar-refractivity contribution in [1.82, 2.24) is 0 Å². The molecule has 0 heterocycles. The summed E-state index contributed by atoms with van der Waals surface area (Å²) < 4.78 is 0. The molecule has 1 nitrogen and oxygen atoms in total. The molecule has 0 aromatic heterocycles. The first-order valence-corrected chi connectivity index (χ1v) is 6.70. The van der Waals surface area contributed by atoms with Crippen molar-refractivity contribution in [2.24, 2.45) is 0 Å². The van der Waals surface area contributed by atoms with Crippen molar-refractivity contribution in [2.45, 2.75) is 12.5 Å². The van der Waals surface area contributed by atoms with Crippen molar-refractivity contribution in [3.63, 3.8) is 0 Å². The smallest absolute Gasteiger partial charge is 0.0836 e. The van der Waals surface area contributed by atoms with Crippen molar-refractivity contribution in [3.05, 3.63) is 59.7 Å². The summed E-state index contributed by atoms with van der Waals surface area (Å²) in [5, 5.41) is 18.0. The Morgan fingerprint density at radius 1 is 0.789 bits per heavy atom. The second-order valence-electron chi connectivity index (χ2n) is 5.53. The molecule has 4 aromatic carbocycles. The van der Waals surface area contributed by atoms with Crippen LogP contribution < -0.4 is 0 Å². The zero-order valence-corrected chi connectivity index (χ0v) is 10.4. The number of aliphatic hydroxyl groups is 1. The van der Waals surface area contributed by atoms with E-state index in [9.17, 15) is 5.11 Å². The van der Waals surface area contributed by atoms with E-state index in [2.05, 4.69) is 48.5 Å². The predicted molar refractivity (Wildman–Crippen MR) is 78.8 cm³/mol. The van der Waals surface area contributed by atoms with Crippen LogP contribution >= 0.6 is 0 Å². The van der Waals surface area contributed by atoms with E-state index in [1.165, 1.54) is 37.9 Å². The van der Waals surface area contributed by atoms with Crippen LogP contribution in [-0.4, -0.2) is 5.11 Å². The number of aliphatic hydroxyl groups excluding tert-OH is 1. The van der Waals surface area contributed by atoms with Crippen LogP contribution in [0, 0.1) is 0 Å². The van der Waals surface area contributed by atoms with Crippen molar-refractivity contribution >= 4 is 32.3 Å². The first-order chi connectivity index (χ1) is 9.33. The number of hydrogen-bond donors (Lipinski definition) is 1. The van der Waals surface area contributed by atoms with Crippen LogP contribution in [0.3, 0.4) is 0 Å². The molecule has 1 unspecified atom stereocenters. The largest absolute Gasteiger partial charge is 0.388 e. The molecule has 1 heteroatoms. The topological polar surface area (TPSA) is 20.2 Å². The Morgan fingerprint density at radius 2 is 1.53 bits per heavy atom. The Hall–Kier alpha value is -2.12. The van der Waals surface area contributed by atoms with Gasteiger partial charge in [-0.05, 0) is 43.4 Å². The summed E-state index contributed by atoms with van der Waals surface area (Å²) in [6.07, 6.45) is 0.411. The Morgan fingerprint density at radius 3 is 2.42 bits per heavy atom. The van der Waals surface area contributed by atoms with Crippen molar-refractivity contribution in [3.8, 4) is 0 Å². The minimum Gasteiger partial charge on any atom is -0.388 e. The maximum absolute atomic E-state index is 10.2. The first kappa shape index (κ1) is 9.76. The van der Waals surface area contributed by atoms with Gasteiger partial charge in [0.1, 0.15) is 0 Å². The summed E-state index contributed by atoms with van der Waals surface area (Å²) in [7, 11) is 0. The standard InChI is InChI=1S/C18H12O/c19-15-9-13-8-12-3-1-2-10-4-5-11-6-7-14(15)17(13)18(11)16(10)12/h1-8,15,19H,9H2. The zero-order valence-electron chi connectivity index (χ0n) is 10.4. The van der Waals surface area contributed by atoms with Crippen LogP contribution in [-0.2, 0) is 6.42 Å². The van der Waals surface area contributed by atoms with Crippen LogP contribution in [0.25, 0.3) is 32.3 Å². The maximum atomic E-state index is 10.2. The van der Waals surface area contributed by atoms with Gasteiger partial charge in [0.25, 0.3) is 0 Å². The van der Waals surface area contributed by atoms with Gasteiger partial charge in [-0.2, -0.15) is 0 Å². The van der Waals surface area contributed by atoms with Crippen molar-refractivity contribution in [2.75, 3.05) is 0 Å². The Bertz CT molecular complexity index is 952. The molecule has 0 bridgehead atoms. The molecule has 4 aromatic rings. The van der Waals surface area contributed by atoms with Crippen LogP contribution in [0.2, 0.25) is 0 Å². The highest BCUT2D eigenvalue weighted by Gasteiger charge is 2.24. The lowest BCUT2D eigenvalue weighted by Gasteiger charge is -2.12. The first-order valence-electron chi connectivity index (χ1n) is 6.70. The van der Waals surface area contributed by atoms with E-state index in [-0.39, 0.29) is 6.10 Å². The molecule has 0 aliphatic heterocycles. The minimum atomic E-state index is -0.338. The predicted octanol–water partition coefficient (Wildman–Crippen LogP) is 4.17. The summed E-state index contributed by atoms with van der Waals surface area (Å²) >= 11 is 0. The average Bonchev–Trinajstić information content (AvgIpc) is 2.76. The van der Waals surface area contributed by atoms with Crippen LogP contribution in [0.5, 0.6) is 0 Å². The molecular weight excluding hydrogens is 232 g/mol. The fourth-order valence-corrected chi connectivity index (χ4v) is 3.72. The van der Waals surface area contributed by atoms with E-state index >= 15 is 0 Å². The maximum Gasteiger partial charge on any atom is 0.0836 e. The summed E-state index contributed by atoms with van der Waals surface area (Å²) in [4.78, 5) is 0. The molecular formula is C18H12O. The third kappa shape index (κ3) is 1.05. The molecule has 0 fully saturated rings. The Kier molecular flexibility index (Phi) is 1.57. The van der Waals surface area contributed by atoms with Crippen LogP contribution in [0.4, 0.5) is 0 Å². The lowest BCUT2D eigenvalue weighted by molar-refractivity contribution is 0.185. The zero-order chi connectivity index (χ0) is 12.6.